The molecule has 11 heteroatoms. The van der Waals surface area contributed by atoms with Crippen molar-refractivity contribution in [3.05, 3.63) is 49.9 Å². The van der Waals surface area contributed by atoms with Crippen LogP contribution in [0.3, 0.4) is 0 Å². The zero-order chi connectivity index (χ0) is 18.6. The Morgan fingerprint density at radius 3 is 2.89 bits per heavy atom. The van der Waals surface area contributed by atoms with Gasteiger partial charge in [-0.2, -0.15) is 0 Å². The normalized spacial score (nSPS) is 11.0. The SMILES string of the molecule is O=C(Cc1csc(-c2ccc(Cl)s2)n1)Nc1nnc(SCc2cccs2)s1. The zero-order valence-corrected chi connectivity index (χ0v) is 18.4. The van der Waals surface area contributed by atoms with Gasteiger partial charge in [-0.1, -0.05) is 40.8 Å². The van der Waals surface area contributed by atoms with Gasteiger partial charge in [-0.3, -0.25) is 4.79 Å². The van der Waals surface area contributed by atoms with Gasteiger partial charge in [-0.05, 0) is 23.6 Å². The molecular weight excluding hydrogens is 460 g/mol. The van der Waals surface area contributed by atoms with Gasteiger partial charge in [0.1, 0.15) is 5.01 Å². The lowest BCUT2D eigenvalue weighted by atomic mass is 10.3. The monoisotopic (exact) mass is 470 g/mol. The van der Waals surface area contributed by atoms with Crippen molar-refractivity contribution in [2.45, 2.75) is 16.5 Å². The number of thiophene rings is 2. The summed E-state index contributed by atoms with van der Waals surface area (Å²) in [6.07, 6.45) is 0.201. The fraction of sp³-hybridized carbons (Fsp3) is 0.125. The number of rotatable bonds is 7. The van der Waals surface area contributed by atoms with Gasteiger partial charge in [0.25, 0.3) is 0 Å². The fourth-order valence-electron chi connectivity index (χ4n) is 2.10. The van der Waals surface area contributed by atoms with Gasteiger partial charge in [-0.25, -0.2) is 4.98 Å². The van der Waals surface area contributed by atoms with Crippen LogP contribution >= 0.6 is 68.7 Å². The second-order valence-corrected chi connectivity index (χ2v) is 11.0. The van der Waals surface area contributed by atoms with Gasteiger partial charge in [0.2, 0.25) is 11.0 Å². The molecule has 4 aromatic rings. The molecular formula is C16H11ClN4OS5. The molecule has 4 rings (SSSR count). The Bertz CT molecular complexity index is 1040. The maximum atomic E-state index is 12.3. The molecule has 0 saturated heterocycles. The summed E-state index contributed by atoms with van der Waals surface area (Å²) in [6.45, 7) is 0. The predicted octanol–water partition coefficient (Wildman–Crippen LogP) is 5.91. The van der Waals surface area contributed by atoms with Crippen molar-refractivity contribution >= 4 is 79.7 Å². The van der Waals surface area contributed by atoms with E-state index in [0.717, 1.165) is 30.0 Å². The second-order valence-electron chi connectivity index (χ2n) is 5.21. The van der Waals surface area contributed by atoms with Crippen molar-refractivity contribution in [2.24, 2.45) is 0 Å². The van der Waals surface area contributed by atoms with Crippen LogP contribution in [0.4, 0.5) is 5.13 Å². The molecule has 0 aliphatic heterocycles. The van der Waals surface area contributed by atoms with Crippen LogP contribution in [0.25, 0.3) is 9.88 Å². The smallest absolute Gasteiger partial charge is 0.232 e. The molecule has 0 bridgehead atoms. The predicted molar refractivity (Wildman–Crippen MR) is 117 cm³/mol. The highest BCUT2D eigenvalue weighted by atomic mass is 35.5. The van der Waals surface area contributed by atoms with Crippen molar-refractivity contribution in [2.75, 3.05) is 5.32 Å². The van der Waals surface area contributed by atoms with E-state index in [4.69, 9.17) is 11.6 Å². The number of carbonyl (C=O) groups is 1. The van der Waals surface area contributed by atoms with Crippen molar-refractivity contribution < 1.29 is 4.79 Å². The number of nitrogens with one attached hydrogen (secondary N) is 1. The van der Waals surface area contributed by atoms with Crippen LogP contribution in [-0.4, -0.2) is 21.1 Å². The minimum Gasteiger partial charge on any atom is -0.300 e. The highest BCUT2D eigenvalue weighted by Gasteiger charge is 2.13. The number of aromatic nitrogens is 3. The summed E-state index contributed by atoms with van der Waals surface area (Å²) in [5, 5.41) is 16.3. The van der Waals surface area contributed by atoms with E-state index in [1.807, 2.05) is 23.6 Å². The van der Waals surface area contributed by atoms with Crippen molar-refractivity contribution in [3.63, 3.8) is 0 Å². The molecule has 1 amide bonds. The highest BCUT2D eigenvalue weighted by Crippen LogP contribution is 2.33. The van der Waals surface area contributed by atoms with Crippen molar-refractivity contribution in [3.8, 4) is 9.88 Å². The minimum atomic E-state index is -0.151. The van der Waals surface area contributed by atoms with Gasteiger partial charge >= 0.3 is 0 Å². The first-order valence-electron chi connectivity index (χ1n) is 7.64. The Balaban J connectivity index is 1.31. The number of nitrogens with zero attached hydrogens (tertiary/aromatic N) is 3. The zero-order valence-electron chi connectivity index (χ0n) is 13.5. The molecule has 0 atom stereocenters. The fourth-order valence-corrected chi connectivity index (χ4v) is 6.58. The van der Waals surface area contributed by atoms with Crippen LogP contribution < -0.4 is 5.32 Å². The van der Waals surface area contributed by atoms with Gasteiger partial charge in [-0.15, -0.1) is 44.2 Å². The van der Waals surface area contributed by atoms with Crippen molar-refractivity contribution in [1.29, 1.82) is 0 Å². The van der Waals surface area contributed by atoms with Crippen LogP contribution in [0.2, 0.25) is 4.34 Å². The lowest BCUT2D eigenvalue weighted by Gasteiger charge is -1.98. The quantitative estimate of drug-likeness (QED) is 0.268. The number of thioether (sulfide) groups is 1. The summed E-state index contributed by atoms with van der Waals surface area (Å²) in [7, 11) is 0. The molecule has 27 heavy (non-hydrogen) atoms. The first-order chi connectivity index (χ1) is 13.2. The highest BCUT2D eigenvalue weighted by molar-refractivity contribution is 8.00. The number of anilines is 1. The molecule has 0 aliphatic rings. The lowest BCUT2D eigenvalue weighted by molar-refractivity contribution is -0.115. The molecule has 0 saturated carbocycles. The van der Waals surface area contributed by atoms with Gasteiger partial charge in [0.05, 0.1) is 21.3 Å². The van der Waals surface area contributed by atoms with Crippen LogP contribution in [-0.2, 0) is 17.0 Å². The number of halogens is 1. The van der Waals surface area contributed by atoms with Crippen LogP contribution in [0.15, 0.2) is 39.4 Å². The van der Waals surface area contributed by atoms with E-state index in [1.165, 1.54) is 38.9 Å². The third-order valence-corrected chi connectivity index (χ3v) is 8.62. The van der Waals surface area contributed by atoms with E-state index in [-0.39, 0.29) is 12.3 Å². The number of amides is 1. The Morgan fingerprint density at radius 1 is 1.19 bits per heavy atom. The van der Waals surface area contributed by atoms with E-state index in [2.05, 4.69) is 31.9 Å². The molecule has 4 aromatic heterocycles. The van der Waals surface area contributed by atoms with Gasteiger partial charge in [0.15, 0.2) is 4.34 Å². The molecule has 0 radical (unpaired) electrons. The lowest BCUT2D eigenvalue weighted by Crippen LogP contribution is -2.14. The summed E-state index contributed by atoms with van der Waals surface area (Å²) < 4.78 is 1.56. The third kappa shape index (κ3) is 5.15. The Morgan fingerprint density at radius 2 is 2.11 bits per heavy atom. The third-order valence-electron chi connectivity index (χ3n) is 3.25. The Hall–Kier alpha value is -1.30. The average Bonchev–Trinajstić information content (AvgIpc) is 3.41. The number of hydrogen-bond acceptors (Lipinski definition) is 9. The topological polar surface area (TPSA) is 67.8 Å². The summed E-state index contributed by atoms with van der Waals surface area (Å²) >= 11 is 13.7. The Kier molecular flexibility index (Phi) is 6.21. The second kappa shape index (κ2) is 8.80. The van der Waals surface area contributed by atoms with Crippen molar-refractivity contribution in [1.82, 2.24) is 15.2 Å². The largest absolute Gasteiger partial charge is 0.300 e. The van der Waals surface area contributed by atoms with Crippen LogP contribution in [0.1, 0.15) is 10.6 Å². The molecule has 4 heterocycles. The number of hydrogen-bond donors (Lipinski definition) is 1. The molecule has 0 aliphatic carbocycles. The standard InChI is InChI=1S/C16H11ClN4OS5/c17-12-4-3-11(26-12)14-18-9(7-24-14)6-13(22)19-15-20-21-16(27-15)25-8-10-2-1-5-23-10/h1-5,7H,6,8H2,(H,19,20,22). The summed E-state index contributed by atoms with van der Waals surface area (Å²) in [4.78, 5) is 19.1. The summed E-state index contributed by atoms with van der Waals surface area (Å²) in [6, 6.07) is 7.90. The number of thiazole rings is 1. The van der Waals surface area contributed by atoms with E-state index < -0.39 is 0 Å². The maximum Gasteiger partial charge on any atom is 0.232 e. The molecule has 5 nitrogen and oxygen atoms in total. The van der Waals surface area contributed by atoms with Gasteiger partial charge in [0, 0.05) is 16.0 Å². The van der Waals surface area contributed by atoms with E-state index >= 15 is 0 Å². The van der Waals surface area contributed by atoms with E-state index in [0.29, 0.717) is 5.13 Å². The maximum absolute atomic E-state index is 12.3. The average molecular weight is 471 g/mol. The first-order valence-corrected chi connectivity index (χ1v) is 12.4. The van der Waals surface area contributed by atoms with Gasteiger partial charge < -0.3 is 5.32 Å². The molecule has 0 spiro atoms. The van der Waals surface area contributed by atoms with E-state index in [1.54, 1.807) is 23.1 Å². The Labute approximate surface area is 180 Å². The summed E-state index contributed by atoms with van der Waals surface area (Å²) in [5.41, 5.74) is 0.730. The minimum absolute atomic E-state index is 0.151. The molecule has 0 aromatic carbocycles. The summed E-state index contributed by atoms with van der Waals surface area (Å²) in [5.74, 6) is 0.705. The van der Waals surface area contributed by atoms with E-state index in [9.17, 15) is 4.79 Å². The van der Waals surface area contributed by atoms with Crippen LogP contribution in [0, 0.1) is 0 Å². The molecule has 0 unspecified atom stereocenters. The first kappa shape index (κ1) is 19.0. The molecule has 138 valence electrons. The molecule has 0 fully saturated rings. The van der Waals surface area contributed by atoms with Crippen LogP contribution in [0.5, 0.6) is 0 Å². The number of carbonyl (C=O) groups excluding carboxylic acids is 1. The molecule has 1 N–H and O–H groups in total.